The second kappa shape index (κ2) is 5.23. The van der Waals surface area contributed by atoms with E-state index in [1.165, 1.54) is 12.1 Å². The van der Waals surface area contributed by atoms with Crippen LogP contribution < -0.4 is 5.32 Å². The third-order valence-corrected chi connectivity index (χ3v) is 3.13. The fourth-order valence-corrected chi connectivity index (χ4v) is 2.26. The van der Waals surface area contributed by atoms with Crippen LogP contribution in [0.4, 0.5) is 10.1 Å². The summed E-state index contributed by atoms with van der Waals surface area (Å²) in [6.07, 6.45) is 3.05. The Morgan fingerprint density at radius 1 is 1.53 bits per heavy atom. The van der Waals surface area contributed by atoms with Crippen molar-refractivity contribution >= 4 is 5.69 Å². The van der Waals surface area contributed by atoms with Gasteiger partial charge in [0.2, 0.25) is 5.82 Å². The van der Waals surface area contributed by atoms with Crippen LogP contribution in [0.25, 0.3) is 0 Å². The standard InChI is InChI=1S/C12H15FN2O2/c13-11-7-9(3-4-12(11)15(16)17)6-10-2-1-5-14-8-10/h3-4,7,10,14H,1-2,5-6,8H2. The van der Waals surface area contributed by atoms with Gasteiger partial charge in [-0.1, -0.05) is 6.07 Å². The summed E-state index contributed by atoms with van der Waals surface area (Å²) in [4.78, 5) is 9.79. The first-order valence-electron chi connectivity index (χ1n) is 5.80. The molecule has 1 fully saturated rings. The molecular weight excluding hydrogens is 223 g/mol. The molecule has 1 atom stereocenters. The van der Waals surface area contributed by atoms with Crippen molar-refractivity contribution in [3.63, 3.8) is 0 Å². The summed E-state index contributed by atoms with van der Waals surface area (Å²) in [5.41, 5.74) is 0.386. The van der Waals surface area contributed by atoms with Gasteiger partial charge in [-0.3, -0.25) is 10.1 Å². The maximum atomic E-state index is 13.4. The fraction of sp³-hybridized carbons (Fsp3) is 0.500. The lowest BCUT2D eigenvalue weighted by Gasteiger charge is -2.22. The number of halogens is 1. The highest BCUT2D eigenvalue weighted by atomic mass is 19.1. The van der Waals surface area contributed by atoms with E-state index in [-0.39, 0.29) is 0 Å². The second-order valence-electron chi connectivity index (χ2n) is 4.46. The van der Waals surface area contributed by atoms with E-state index in [0.717, 1.165) is 37.9 Å². The highest BCUT2D eigenvalue weighted by molar-refractivity contribution is 5.35. The number of hydrogen-bond donors (Lipinski definition) is 1. The predicted molar refractivity (Wildman–Crippen MR) is 62.4 cm³/mol. The Balaban J connectivity index is 2.06. The quantitative estimate of drug-likeness (QED) is 0.649. The highest BCUT2D eigenvalue weighted by Gasteiger charge is 2.17. The third kappa shape index (κ3) is 3.00. The van der Waals surface area contributed by atoms with Gasteiger partial charge >= 0.3 is 5.69 Å². The highest BCUT2D eigenvalue weighted by Crippen LogP contribution is 2.21. The molecule has 17 heavy (non-hydrogen) atoms. The lowest BCUT2D eigenvalue weighted by atomic mass is 9.92. The molecule has 1 aromatic rings. The van der Waals surface area contributed by atoms with Crippen LogP contribution in [0.2, 0.25) is 0 Å². The average Bonchev–Trinajstić information content (AvgIpc) is 2.30. The van der Waals surface area contributed by atoms with Gasteiger partial charge in [0, 0.05) is 6.07 Å². The SMILES string of the molecule is O=[N+]([O-])c1ccc(CC2CCCNC2)cc1F. The summed E-state index contributed by atoms with van der Waals surface area (Å²) in [5.74, 6) is -0.235. The van der Waals surface area contributed by atoms with E-state index < -0.39 is 16.4 Å². The zero-order valence-electron chi connectivity index (χ0n) is 9.49. The summed E-state index contributed by atoms with van der Waals surface area (Å²) in [6.45, 7) is 1.99. The van der Waals surface area contributed by atoms with Crippen molar-refractivity contribution in [1.82, 2.24) is 5.32 Å². The predicted octanol–water partition coefficient (Wildman–Crippen LogP) is 2.28. The molecule has 92 valence electrons. The Kier molecular flexibility index (Phi) is 3.68. The Labute approximate surface area is 99.0 Å². The molecule has 1 aliphatic rings. The Morgan fingerprint density at radius 2 is 2.35 bits per heavy atom. The number of benzene rings is 1. The minimum atomic E-state index is -0.740. The topological polar surface area (TPSA) is 55.2 Å². The number of nitro groups is 1. The van der Waals surface area contributed by atoms with Gasteiger partial charge in [0.1, 0.15) is 0 Å². The molecule has 0 bridgehead atoms. The van der Waals surface area contributed by atoms with Crippen LogP contribution in [-0.2, 0) is 6.42 Å². The van der Waals surface area contributed by atoms with E-state index in [2.05, 4.69) is 5.32 Å². The molecule has 1 aromatic carbocycles. The van der Waals surface area contributed by atoms with Gasteiger partial charge in [-0.15, -0.1) is 0 Å². The van der Waals surface area contributed by atoms with Crippen LogP contribution in [0.5, 0.6) is 0 Å². The van der Waals surface area contributed by atoms with E-state index in [0.29, 0.717) is 5.92 Å². The number of nitrogens with zero attached hydrogens (tertiary/aromatic N) is 1. The molecule has 1 unspecified atom stereocenters. The van der Waals surface area contributed by atoms with Crippen LogP contribution in [0.3, 0.4) is 0 Å². The largest absolute Gasteiger partial charge is 0.316 e. The zero-order valence-corrected chi connectivity index (χ0v) is 9.49. The van der Waals surface area contributed by atoms with Crippen LogP contribution >= 0.6 is 0 Å². The van der Waals surface area contributed by atoms with Crippen molar-refractivity contribution in [3.05, 3.63) is 39.7 Å². The molecule has 0 amide bonds. The van der Waals surface area contributed by atoms with Crippen LogP contribution in [0.15, 0.2) is 18.2 Å². The molecule has 0 aromatic heterocycles. The van der Waals surface area contributed by atoms with E-state index >= 15 is 0 Å². The van der Waals surface area contributed by atoms with Crippen LogP contribution in [-0.4, -0.2) is 18.0 Å². The van der Waals surface area contributed by atoms with Gasteiger partial charge in [-0.05, 0) is 49.9 Å². The van der Waals surface area contributed by atoms with E-state index in [1.807, 2.05) is 0 Å². The van der Waals surface area contributed by atoms with Crippen molar-refractivity contribution in [2.75, 3.05) is 13.1 Å². The van der Waals surface area contributed by atoms with E-state index in [9.17, 15) is 14.5 Å². The smallest absolute Gasteiger partial charge is 0.304 e. The fourth-order valence-electron chi connectivity index (χ4n) is 2.26. The summed E-state index contributed by atoms with van der Waals surface area (Å²) >= 11 is 0. The van der Waals surface area contributed by atoms with Crippen molar-refractivity contribution in [2.45, 2.75) is 19.3 Å². The lowest BCUT2D eigenvalue weighted by molar-refractivity contribution is -0.387. The molecule has 1 N–H and O–H groups in total. The number of piperidine rings is 1. The first-order valence-corrected chi connectivity index (χ1v) is 5.80. The summed E-state index contributed by atoms with van der Waals surface area (Å²) < 4.78 is 13.4. The second-order valence-corrected chi connectivity index (χ2v) is 4.46. The monoisotopic (exact) mass is 238 g/mol. The maximum absolute atomic E-state index is 13.4. The molecule has 1 aliphatic heterocycles. The van der Waals surface area contributed by atoms with E-state index in [4.69, 9.17) is 0 Å². The van der Waals surface area contributed by atoms with Crippen molar-refractivity contribution < 1.29 is 9.31 Å². The van der Waals surface area contributed by atoms with Crippen LogP contribution in [0, 0.1) is 21.8 Å². The molecule has 5 heteroatoms. The molecule has 1 heterocycles. The zero-order chi connectivity index (χ0) is 12.3. The van der Waals surface area contributed by atoms with Gasteiger partial charge in [0.25, 0.3) is 0 Å². The number of hydrogen-bond acceptors (Lipinski definition) is 3. The van der Waals surface area contributed by atoms with Gasteiger partial charge in [-0.25, -0.2) is 0 Å². The van der Waals surface area contributed by atoms with Gasteiger partial charge in [0.15, 0.2) is 0 Å². The number of nitrogens with one attached hydrogen (secondary N) is 1. The first kappa shape index (κ1) is 12.0. The third-order valence-electron chi connectivity index (χ3n) is 3.13. The maximum Gasteiger partial charge on any atom is 0.304 e. The summed E-state index contributed by atoms with van der Waals surface area (Å²) in [5, 5.41) is 13.8. The Bertz CT molecular complexity index is 417. The summed E-state index contributed by atoms with van der Waals surface area (Å²) in [6, 6.07) is 4.18. The number of nitro benzene ring substituents is 1. The minimum absolute atomic E-state index is 0.449. The van der Waals surface area contributed by atoms with Gasteiger partial charge in [-0.2, -0.15) is 4.39 Å². The minimum Gasteiger partial charge on any atom is -0.316 e. The Hall–Kier alpha value is -1.49. The average molecular weight is 238 g/mol. The van der Waals surface area contributed by atoms with Crippen molar-refractivity contribution in [1.29, 1.82) is 0 Å². The normalized spacial score (nSPS) is 20.2. The van der Waals surface area contributed by atoms with Crippen molar-refractivity contribution in [2.24, 2.45) is 5.92 Å². The molecule has 0 aliphatic carbocycles. The lowest BCUT2D eigenvalue weighted by Crippen LogP contribution is -2.30. The number of rotatable bonds is 3. The molecule has 0 radical (unpaired) electrons. The summed E-state index contributed by atoms with van der Waals surface area (Å²) in [7, 11) is 0. The first-order chi connectivity index (χ1) is 8.16. The molecule has 4 nitrogen and oxygen atoms in total. The molecule has 1 saturated heterocycles. The van der Waals surface area contributed by atoms with Crippen molar-refractivity contribution in [3.8, 4) is 0 Å². The van der Waals surface area contributed by atoms with E-state index in [1.54, 1.807) is 6.07 Å². The van der Waals surface area contributed by atoms with Crippen LogP contribution in [0.1, 0.15) is 18.4 Å². The molecular formula is C12H15FN2O2. The molecule has 0 saturated carbocycles. The molecule has 0 spiro atoms. The molecule has 2 rings (SSSR count). The van der Waals surface area contributed by atoms with Gasteiger partial charge < -0.3 is 5.32 Å². The van der Waals surface area contributed by atoms with Gasteiger partial charge in [0.05, 0.1) is 4.92 Å². The Morgan fingerprint density at radius 3 is 2.94 bits per heavy atom.